The van der Waals surface area contributed by atoms with Crippen LogP contribution in [0.3, 0.4) is 0 Å². The minimum atomic E-state index is -0.185. The molecule has 29 heavy (non-hydrogen) atoms. The molecule has 3 N–H and O–H groups in total. The van der Waals surface area contributed by atoms with Gasteiger partial charge in [-0.15, -0.1) is 0 Å². The standard InChI is InChI=1S/C23H25N3O3/c24-11-10-16-15-25-21-9-8-17(14-20(16)21)29-13-5-1-4-12-26-22(27)18-6-2-3-7-19(18)23(26)28/h2-3,6-9,14-15,25H,1,4-5,10-13,24H2. The molecule has 0 saturated carbocycles. The van der Waals surface area contributed by atoms with E-state index in [9.17, 15) is 9.59 Å². The molecule has 0 bridgehead atoms. The molecule has 0 fully saturated rings. The average Bonchev–Trinajstić information content (AvgIpc) is 3.25. The number of unbranched alkanes of at least 4 members (excludes halogenated alkanes) is 2. The lowest BCUT2D eigenvalue weighted by Gasteiger charge is -2.13. The number of amides is 2. The van der Waals surface area contributed by atoms with Crippen LogP contribution in [0.1, 0.15) is 45.5 Å². The van der Waals surface area contributed by atoms with E-state index in [1.54, 1.807) is 24.3 Å². The number of carbonyl (C=O) groups is 2. The SMILES string of the molecule is NCCc1c[nH]c2ccc(OCCCCCN3C(=O)c4ccccc4C3=O)cc12. The number of hydrogen-bond acceptors (Lipinski definition) is 4. The monoisotopic (exact) mass is 391 g/mol. The van der Waals surface area contributed by atoms with E-state index in [-0.39, 0.29) is 11.8 Å². The summed E-state index contributed by atoms with van der Waals surface area (Å²) in [7, 11) is 0. The number of ether oxygens (including phenoxy) is 1. The molecule has 0 aliphatic carbocycles. The number of aromatic amines is 1. The largest absolute Gasteiger partial charge is 0.494 e. The number of hydrogen-bond donors (Lipinski definition) is 2. The van der Waals surface area contributed by atoms with Crippen LogP contribution in [0, 0.1) is 0 Å². The summed E-state index contributed by atoms with van der Waals surface area (Å²) in [5.41, 5.74) is 8.98. The lowest BCUT2D eigenvalue weighted by molar-refractivity contribution is 0.0651. The Morgan fingerprint density at radius 1 is 0.966 bits per heavy atom. The van der Waals surface area contributed by atoms with Crippen LogP contribution in [-0.2, 0) is 6.42 Å². The molecule has 6 nitrogen and oxygen atoms in total. The fourth-order valence-electron chi connectivity index (χ4n) is 3.79. The minimum Gasteiger partial charge on any atom is -0.494 e. The molecule has 2 amide bonds. The normalized spacial score (nSPS) is 13.3. The Labute approximate surface area is 169 Å². The van der Waals surface area contributed by atoms with Crippen LogP contribution in [-0.4, -0.2) is 41.4 Å². The van der Waals surface area contributed by atoms with Crippen molar-refractivity contribution >= 4 is 22.7 Å². The molecule has 2 aromatic carbocycles. The first-order valence-electron chi connectivity index (χ1n) is 10.1. The Kier molecular flexibility index (Phi) is 5.62. The van der Waals surface area contributed by atoms with Gasteiger partial charge >= 0.3 is 0 Å². The second-order valence-corrected chi connectivity index (χ2v) is 7.28. The molecule has 1 aliphatic rings. The zero-order chi connectivity index (χ0) is 20.2. The highest BCUT2D eigenvalue weighted by Gasteiger charge is 2.34. The van der Waals surface area contributed by atoms with Gasteiger partial charge in [0.25, 0.3) is 11.8 Å². The molecule has 2 heterocycles. The Hall–Kier alpha value is -3.12. The van der Waals surface area contributed by atoms with Crippen molar-refractivity contribution in [3.63, 3.8) is 0 Å². The highest BCUT2D eigenvalue weighted by molar-refractivity contribution is 6.21. The molecule has 150 valence electrons. The Balaban J connectivity index is 1.23. The maximum absolute atomic E-state index is 12.3. The second kappa shape index (κ2) is 8.49. The lowest BCUT2D eigenvalue weighted by atomic mass is 10.1. The van der Waals surface area contributed by atoms with E-state index in [2.05, 4.69) is 11.1 Å². The van der Waals surface area contributed by atoms with E-state index >= 15 is 0 Å². The zero-order valence-corrected chi connectivity index (χ0v) is 16.3. The van der Waals surface area contributed by atoms with Gasteiger partial charge in [0.15, 0.2) is 0 Å². The molecular formula is C23H25N3O3. The summed E-state index contributed by atoms with van der Waals surface area (Å²) in [6.45, 7) is 1.67. The summed E-state index contributed by atoms with van der Waals surface area (Å²) in [5, 5.41) is 1.15. The smallest absolute Gasteiger partial charge is 0.261 e. The lowest BCUT2D eigenvalue weighted by Crippen LogP contribution is -2.30. The van der Waals surface area contributed by atoms with Crippen molar-refractivity contribution in [2.75, 3.05) is 19.7 Å². The van der Waals surface area contributed by atoms with Gasteiger partial charge in [-0.1, -0.05) is 12.1 Å². The number of carbonyl (C=O) groups excluding carboxylic acids is 2. The number of H-pyrrole nitrogens is 1. The molecule has 1 aliphatic heterocycles. The number of nitrogens with zero attached hydrogens (tertiary/aromatic N) is 1. The van der Waals surface area contributed by atoms with Crippen LogP contribution in [0.15, 0.2) is 48.7 Å². The van der Waals surface area contributed by atoms with Gasteiger partial charge in [-0.2, -0.15) is 0 Å². The van der Waals surface area contributed by atoms with Crippen molar-refractivity contribution in [2.45, 2.75) is 25.7 Å². The maximum atomic E-state index is 12.3. The Bertz CT molecular complexity index is 1010. The van der Waals surface area contributed by atoms with Gasteiger partial charge < -0.3 is 15.5 Å². The van der Waals surface area contributed by atoms with Gasteiger partial charge in [0.2, 0.25) is 0 Å². The van der Waals surface area contributed by atoms with Crippen molar-refractivity contribution < 1.29 is 14.3 Å². The molecule has 6 heteroatoms. The van der Waals surface area contributed by atoms with Crippen molar-refractivity contribution in [1.29, 1.82) is 0 Å². The third-order valence-corrected chi connectivity index (χ3v) is 5.33. The Morgan fingerprint density at radius 3 is 2.45 bits per heavy atom. The summed E-state index contributed by atoms with van der Waals surface area (Å²) >= 11 is 0. The van der Waals surface area contributed by atoms with Crippen LogP contribution >= 0.6 is 0 Å². The molecule has 0 atom stereocenters. The zero-order valence-electron chi connectivity index (χ0n) is 16.3. The van der Waals surface area contributed by atoms with Crippen molar-refractivity contribution in [3.05, 3.63) is 65.4 Å². The first-order chi connectivity index (χ1) is 14.2. The van der Waals surface area contributed by atoms with Gasteiger partial charge in [-0.05, 0) is 68.1 Å². The molecular weight excluding hydrogens is 366 g/mol. The third-order valence-electron chi connectivity index (χ3n) is 5.33. The highest BCUT2D eigenvalue weighted by Crippen LogP contribution is 2.25. The molecule has 0 unspecified atom stereocenters. The number of nitrogens with one attached hydrogen (secondary N) is 1. The van der Waals surface area contributed by atoms with Crippen molar-refractivity contribution in [1.82, 2.24) is 9.88 Å². The van der Waals surface area contributed by atoms with Crippen LogP contribution in [0.5, 0.6) is 5.75 Å². The number of nitrogens with two attached hydrogens (primary N) is 1. The first kappa shape index (κ1) is 19.2. The molecule has 0 radical (unpaired) electrons. The van der Waals surface area contributed by atoms with Crippen molar-refractivity contribution in [2.24, 2.45) is 5.73 Å². The fraction of sp³-hybridized carbons (Fsp3) is 0.304. The van der Waals surface area contributed by atoms with Gasteiger partial charge in [0.05, 0.1) is 17.7 Å². The van der Waals surface area contributed by atoms with Gasteiger partial charge in [-0.3, -0.25) is 14.5 Å². The summed E-state index contributed by atoms with van der Waals surface area (Å²) in [4.78, 5) is 29.3. The number of aromatic nitrogens is 1. The van der Waals surface area contributed by atoms with E-state index in [4.69, 9.17) is 10.5 Å². The number of imide groups is 1. The number of benzene rings is 2. The molecule has 0 spiro atoms. The highest BCUT2D eigenvalue weighted by atomic mass is 16.5. The third kappa shape index (κ3) is 3.89. The molecule has 4 rings (SSSR count). The quantitative estimate of drug-likeness (QED) is 0.431. The van der Waals surface area contributed by atoms with Crippen LogP contribution in [0.25, 0.3) is 10.9 Å². The van der Waals surface area contributed by atoms with Crippen LogP contribution in [0.2, 0.25) is 0 Å². The van der Waals surface area contributed by atoms with E-state index in [0.717, 1.165) is 42.3 Å². The van der Waals surface area contributed by atoms with Gasteiger partial charge in [0.1, 0.15) is 5.75 Å². The number of fused-ring (bicyclic) bond motifs is 2. The average molecular weight is 391 g/mol. The van der Waals surface area contributed by atoms with Crippen LogP contribution < -0.4 is 10.5 Å². The van der Waals surface area contributed by atoms with Gasteiger partial charge in [-0.25, -0.2) is 0 Å². The van der Waals surface area contributed by atoms with Gasteiger partial charge in [0, 0.05) is 23.6 Å². The second-order valence-electron chi connectivity index (χ2n) is 7.28. The molecule has 1 aromatic heterocycles. The van der Waals surface area contributed by atoms with E-state index in [0.29, 0.717) is 30.8 Å². The predicted octanol–water partition coefficient (Wildman–Crippen LogP) is 3.51. The summed E-state index contributed by atoms with van der Waals surface area (Å²) in [6.07, 6.45) is 5.36. The van der Waals surface area contributed by atoms with E-state index in [1.807, 2.05) is 18.3 Å². The topological polar surface area (TPSA) is 88.4 Å². The predicted molar refractivity (Wildman–Crippen MR) is 112 cm³/mol. The summed E-state index contributed by atoms with van der Waals surface area (Å²) < 4.78 is 5.89. The Morgan fingerprint density at radius 2 is 1.72 bits per heavy atom. The maximum Gasteiger partial charge on any atom is 0.261 e. The molecule has 3 aromatic rings. The van der Waals surface area contributed by atoms with E-state index in [1.165, 1.54) is 10.5 Å². The summed E-state index contributed by atoms with van der Waals surface area (Å²) in [6, 6.07) is 13.0. The van der Waals surface area contributed by atoms with Crippen LogP contribution in [0.4, 0.5) is 0 Å². The van der Waals surface area contributed by atoms with Crippen molar-refractivity contribution in [3.8, 4) is 5.75 Å². The fourth-order valence-corrected chi connectivity index (χ4v) is 3.79. The van der Waals surface area contributed by atoms with E-state index < -0.39 is 0 Å². The summed E-state index contributed by atoms with van der Waals surface area (Å²) in [5.74, 6) is 0.473. The minimum absolute atomic E-state index is 0.185. The number of rotatable bonds is 9. The first-order valence-corrected chi connectivity index (χ1v) is 10.1. The molecule has 0 saturated heterocycles.